The van der Waals surface area contributed by atoms with Crippen molar-refractivity contribution >= 4 is 58.9 Å². The van der Waals surface area contributed by atoms with Crippen LogP contribution in [0.4, 0.5) is 0 Å². The van der Waals surface area contributed by atoms with E-state index in [0.29, 0.717) is 12.8 Å². The zero-order chi connectivity index (χ0) is 37.8. The molecule has 0 saturated heterocycles. The van der Waals surface area contributed by atoms with Gasteiger partial charge >= 0.3 is 46.9 Å². The van der Waals surface area contributed by atoms with E-state index >= 15 is 0 Å². The number of hydrogen-bond donors (Lipinski definition) is 2. The average Bonchev–Trinajstić information content (AvgIpc) is 3.07. The molecule has 2 unspecified atom stereocenters. The van der Waals surface area contributed by atoms with Crippen molar-refractivity contribution in [3.05, 3.63) is 0 Å². The maximum absolute atomic E-state index is 11.5. The van der Waals surface area contributed by atoms with Gasteiger partial charge in [0, 0.05) is 24.8 Å². The van der Waals surface area contributed by atoms with E-state index in [0.717, 1.165) is 25.7 Å². The third-order valence-corrected chi connectivity index (χ3v) is 8.32. The molecule has 0 radical (unpaired) electrons. The largest absolute Gasteiger partial charge is 2.00 e. The molecule has 2 atom stereocenters. The molecule has 4 N–H and O–H groups in total. The van der Waals surface area contributed by atoms with E-state index < -0.39 is 47.9 Å². The van der Waals surface area contributed by atoms with Crippen LogP contribution in [-0.4, -0.2) is 71.0 Å². The molecule has 0 aliphatic rings. The molecule has 0 aliphatic heterocycles. The molecule has 0 amide bonds. The summed E-state index contributed by atoms with van der Waals surface area (Å²) in [5.74, 6) is -5.48. The van der Waals surface area contributed by atoms with Gasteiger partial charge < -0.3 is 40.7 Å². The van der Waals surface area contributed by atoms with E-state index in [-0.39, 0.29) is 61.6 Å². The van der Waals surface area contributed by atoms with E-state index in [9.17, 15) is 39.0 Å². The van der Waals surface area contributed by atoms with Crippen LogP contribution in [0.1, 0.15) is 194 Å². The Labute approximate surface area is 323 Å². The average molecular weight is 737 g/mol. The number of carbonyl (C=O) groups excluding carboxylic acids is 6. The molecular formula is C38H68MgN2O10. The van der Waals surface area contributed by atoms with Crippen molar-refractivity contribution in [2.75, 3.05) is 0 Å². The summed E-state index contributed by atoms with van der Waals surface area (Å²) in [6.07, 6.45) is 25.6. The summed E-state index contributed by atoms with van der Waals surface area (Å²) in [6, 6.07) is -2.20. The topological polar surface area (TPSA) is 219 Å². The number of nitrogens with two attached hydrogens (primary N) is 2. The second-order valence-corrected chi connectivity index (χ2v) is 13.2. The first-order valence-corrected chi connectivity index (χ1v) is 19.3. The monoisotopic (exact) mass is 736 g/mol. The Morgan fingerprint density at radius 3 is 0.902 bits per heavy atom. The Morgan fingerprint density at radius 2 is 0.667 bits per heavy atom. The maximum atomic E-state index is 11.5. The molecule has 0 fully saturated rings. The number of carboxylic acid groups (broad SMARTS) is 2. The molecule has 12 nitrogen and oxygen atoms in total. The normalized spacial score (nSPS) is 11.7. The van der Waals surface area contributed by atoms with Crippen LogP contribution in [0.2, 0.25) is 0 Å². The van der Waals surface area contributed by atoms with E-state index in [4.69, 9.17) is 11.5 Å². The Bertz CT molecular complexity index is 847. The summed E-state index contributed by atoms with van der Waals surface area (Å²) in [7, 11) is 0. The summed E-state index contributed by atoms with van der Waals surface area (Å²) in [5.41, 5.74) is 10.9. The zero-order valence-electron chi connectivity index (χ0n) is 31.9. The predicted octanol–water partition coefficient (Wildman–Crippen LogP) is 4.85. The second kappa shape index (κ2) is 39.1. The van der Waals surface area contributed by atoms with Crippen LogP contribution in [0.25, 0.3) is 0 Å². The van der Waals surface area contributed by atoms with Crippen molar-refractivity contribution < 1.29 is 48.5 Å². The molecule has 0 bridgehead atoms. The molecule has 292 valence electrons. The molecule has 0 aromatic rings. The van der Waals surface area contributed by atoms with Crippen molar-refractivity contribution in [3.8, 4) is 0 Å². The van der Waals surface area contributed by atoms with Gasteiger partial charge in [0.2, 0.25) is 0 Å². The van der Waals surface area contributed by atoms with Crippen LogP contribution >= 0.6 is 0 Å². The summed E-state index contributed by atoms with van der Waals surface area (Å²) >= 11 is 0. The standard InChI is InChI=1S/2C19H35NO5.Mg/c2*1-2-3-4-5-6-7-8-9-10-11-12-13-18(23)25-19(24)16(20)14-15-17(21)22;/h2*16H,2-15,20H2,1H3,(H,21,22);/q;;+2/p-2. The van der Waals surface area contributed by atoms with Gasteiger partial charge in [-0.1, -0.05) is 142 Å². The fraction of sp³-hybridized carbons (Fsp3) is 0.842. The minimum Gasteiger partial charge on any atom is -0.550 e. The number of rotatable bonds is 32. The first kappa shape index (κ1) is 53.3. The van der Waals surface area contributed by atoms with Gasteiger partial charge in [-0.3, -0.25) is 9.59 Å². The Morgan fingerprint density at radius 1 is 0.431 bits per heavy atom. The zero-order valence-corrected chi connectivity index (χ0v) is 33.3. The summed E-state index contributed by atoms with van der Waals surface area (Å²) in [6.45, 7) is 4.44. The molecule has 0 heterocycles. The molecule has 0 saturated carbocycles. The SMILES string of the molecule is CCCCCCCCCCCCCC(=O)OC(=O)C(N)CCC(=O)[O-].CCCCCCCCCCCCCC(=O)OC(=O)C(N)CCC(=O)[O-].[Mg+2]. The number of carboxylic acids is 2. The van der Waals surface area contributed by atoms with E-state index in [1.165, 1.54) is 103 Å². The second-order valence-electron chi connectivity index (χ2n) is 13.2. The molecule has 0 spiro atoms. The smallest absolute Gasteiger partial charge is 0.550 e. The summed E-state index contributed by atoms with van der Waals surface area (Å²) in [5, 5.41) is 20.6. The van der Waals surface area contributed by atoms with E-state index in [1.54, 1.807) is 0 Å². The van der Waals surface area contributed by atoms with Crippen molar-refractivity contribution in [1.29, 1.82) is 0 Å². The number of hydrogen-bond acceptors (Lipinski definition) is 12. The molecule has 0 rings (SSSR count). The van der Waals surface area contributed by atoms with Gasteiger partial charge in [-0.2, -0.15) is 0 Å². The molecule has 0 aromatic carbocycles. The van der Waals surface area contributed by atoms with Crippen LogP contribution in [0.3, 0.4) is 0 Å². The van der Waals surface area contributed by atoms with Gasteiger partial charge in [0.05, 0.1) is 0 Å². The maximum Gasteiger partial charge on any atom is 2.00 e. The van der Waals surface area contributed by atoms with Crippen LogP contribution in [0, 0.1) is 0 Å². The van der Waals surface area contributed by atoms with Gasteiger partial charge in [-0.25, -0.2) is 9.59 Å². The molecule has 0 aromatic heterocycles. The quantitative estimate of drug-likeness (QED) is 0.0410. The number of ether oxygens (including phenoxy) is 2. The van der Waals surface area contributed by atoms with E-state index in [2.05, 4.69) is 23.3 Å². The third-order valence-electron chi connectivity index (χ3n) is 8.32. The summed E-state index contributed by atoms with van der Waals surface area (Å²) < 4.78 is 9.24. The van der Waals surface area contributed by atoms with Crippen molar-refractivity contribution in [2.45, 2.75) is 206 Å². The van der Waals surface area contributed by atoms with Gasteiger partial charge in [0.25, 0.3) is 0 Å². The van der Waals surface area contributed by atoms with Crippen LogP contribution in [-0.2, 0) is 38.2 Å². The minimum atomic E-state index is -1.28. The molecule has 0 aliphatic carbocycles. The minimum absolute atomic E-state index is 0. The van der Waals surface area contributed by atoms with Crippen molar-refractivity contribution in [1.82, 2.24) is 0 Å². The molecule has 51 heavy (non-hydrogen) atoms. The Hall–Kier alpha value is -2.09. The van der Waals surface area contributed by atoms with Crippen LogP contribution in [0.5, 0.6) is 0 Å². The van der Waals surface area contributed by atoms with Crippen molar-refractivity contribution in [2.24, 2.45) is 11.5 Å². The third kappa shape index (κ3) is 40.5. The van der Waals surface area contributed by atoms with Crippen LogP contribution < -0.4 is 21.7 Å². The number of aliphatic carboxylic acids is 2. The number of unbranched alkanes of at least 4 members (excludes halogenated alkanes) is 20. The predicted molar refractivity (Wildman–Crippen MR) is 195 cm³/mol. The molecular weight excluding hydrogens is 669 g/mol. The number of carbonyl (C=O) groups is 6. The van der Waals surface area contributed by atoms with Crippen LogP contribution in [0.15, 0.2) is 0 Å². The first-order chi connectivity index (χ1) is 23.9. The molecule has 13 heteroatoms. The summed E-state index contributed by atoms with van der Waals surface area (Å²) in [4.78, 5) is 66.6. The fourth-order valence-corrected chi connectivity index (χ4v) is 5.13. The fourth-order valence-electron chi connectivity index (χ4n) is 5.13. The van der Waals surface area contributed by atoms with Gasteiger partial charge in [-0.15, -0.1) is 0 Å². The Kier molecular flexibility index (Phi) is 40.9. The number of esters is 4. The van der Waals surface area contributed by atoms with Gasteiger partial charge in [0.15, 0.2) is 0 Å². The Balaban J connectivity index is -0.000000886. The van der Waals surface area contributed by atoms with E-state index in [1.807, 2.05) is 0 Å². The van der Waals surface area contributed by atoms with Crippen molar-refractivity contribution in [3.63, 3.8) is 0 Å². The first-order valence-electron chi connectivity index (χ1n) is 19.3. The van der Waals surface area contributed by atoms with Gasteiger partial charge in [0.1, 0.15) is 12.1 Å². The van der Waals surface area contributed by atoms with Gasteiger partial charge in [-0.05, 0) is 38.5 Å².